The molecular weight excluding hydrogens is 286 g/mol. The Bertz CT molecular complexity index is 743. The highest BCUT2D eigenvalue weighted by atomic mass is 16.5. The van der Waals surface area contributed by atoms with Crippen molar-refractivity contribution >= 4 is 16.8 Å². The van der Waals surface area contributed by atoms with Crippen LogP contribution in [-0.4, -0.2) is 47.8 Å². The topological polar surface area (TPSA) is 93.3 Å². The zero-order valence-corrected chi connectivity index (χ0v) is 12.2. The Morgan fingerprint density at radius 1 is 1.45 bits per heavy atom. The fourth-order valence-electron chi connectivity index (χ4n) is 2.48. The molecule has 3 rings (SSSR count). The smallest absolute Gasteiger partial charge is 0.287 e. The molecule has 7 heteroatoms. The minimum absolute atomic E-state index is 0.00847. The molecule has 2 aromatic rings. The number of aromatic nitrogens is 2. The summed E-state index contributed by atoms with van der Waals surface area (Å²) in [5, 5.41) is 3.25. The van der Waals surface area contributed by atoms with E-state index in [2.05, 4.69) is 15.3 Å². The summed E-state index contributed by atoms with van der Waals surface area (Å²) in [5.41, 5.74) is 0.153. The number of nitrogens with zero attached hydrogens (tertiary/aromatic N) is 1. The molecule has 1 aliphatic heterocycles. The van der Waals surface area contributed by atoms with E-state index in [1.54, 1.807) is 24.3 Å². The lowest BCUT2D eigenvalue weighted by Gasteiger charge is -2.18. The number of carbonyl (C=O) groups excluding carboxylic acids is 1. The standard InChI is InChI=1S/C15H17N3O4/c1-2-22-12-8-21-7-11(12)17-15(20)13-16-10-6-4-3-5-9(10)14(19)18-13/h3-6,11-12H,2,7-8H2,1H3,(H,17,20)(H,16,18,19)/t11-,12-/m0/s1. The molecule has 0 unspecified atom stereocenters. The number of hydrogen-bond donors (Lipinski definition) is 2. The minimum atomic E-state index is -0.442. The van der Waals surface area contributed by atoms with Crippen molar-refractivity contribution in [2.24, 2.45) is 0 Å². The predicted octanol–water partition coefficient (Wildman–Crippen LogP) is 0.457. The fourth-order valence-corrected chi connectivity index (χ4v) is 2.48. The first kappa shape index (κ1) is 14.7. The van der Waals surface area contributed by atoms with E-state index in [-0.39, 0.29) is 23.5 Å². The molecule has 1 fully saturated rings. The van der Waals surface area contributed by atoms with Crippen LogP contribution in [0.2, 0.25) is 0 Å². The monoisotopic (exact) mass is 303 g/mol. The van der Waals surface area contributed by atoms with Crippen molar-refractivity contribution in [3.05, 3.63) is 40.4 Å². The third kappa shape index (κ3) is 2.86. The molecule has 1 aromatic carbocycles. The number of aromatic amines is 1. The van der Waals surface area contributed by atoms with Crippen LogP contribution in [-0.2, 0) is 9.47 Å². The number of H-pyrrole nitrogens is 1. The number of rotatable bonds is 4. The van der Waals surface area contributed by atoms with Crippen molar-refractivity contribution in [2.45, 2.75) is 19.1 Å². The molecular formula is C15H17N3O4. The van der Waals surface area contributed by atoms with Crippen molar-refractivity contribution in [1.29, 1.82) is 0 Å². The molecule has 2 heterocycles. The van der Waals surface area contributed by atoms with Crippen LogP contribution in [0.1, 0.15) is 17.5 Å². The summed E-state index contributed by atoms with van der Waals surface area (Å²) in [4.78, 5) is 31.0. The lowest BCUT2D eigenvalue weighted by Crippen LogP contribution is -2.44. The van der Waals surface area contributed by atoms with Gasteiger partial charge in [0.25, 0.3) is 11.5 Å². The molecule has 0 aliphatic carbocycles. The molecule has 1 saturated heterocycles. The van der Waals surface area contributed by atoms with E-state index >= 15 is 0 Å². The Morgan fingerprint density at radius 3 is 3.09 bits per heavy atom. The highest BCUT2D eigenvalue weighted by molar-refractivity contribution is 5.92. The fraction of sp³-hybridized carbons (Fsp3) is 0.400. The van der Waals surface area contributed by atoms with E-state index in [1.807, 2.05) is 6.92 Å². The summed E-state index contributed by atoms with van der Waals surface area (Å²) in [6.07, 6.45) is -0.180. The average Bonchev–Trinajstić information content (AvgIpc) is 2.95. The zero-order chi connectivity index (χ0) is 15.5. The van der Waals surface area contributed by atoms with Crippen molar-refractivity contribution in [1.82, 2.24) is 15.3 Å². The third-order valence-electron chi connectivity index (χ3n) is 3.55. The quantitative estimate of drug-likeness (QED) is 0.856. The lowest BCUT2D eigenvalue weighted by atomic mass is 10.2. The summed E-state index contributed by atoms with van der Waals surface area (Å²) in [6.45, 7) is 3.26. The summed E-state index contributed by atoms with van der Waals surface area (Å²) < 4.78 is 10.8. The van der Waals surface area contributed by atoms with Gasteiger partial charge in [0.05, 0.1) is 30.2 Å². The predicted molar refractivity (Wildman–Crippen MR) is 79.9 cm³/mol. The van der Waals surface area contributed by atoms with E-state index in [0.29, 0.717) is 30.7 Å². The Labute approximate surface area is 126 Å². The summed E-state index contributed by atoms with van der Waals surface area (Å²) in [5.74, 6) is -0.450. The van der Waals surface area contributed by atoms with Gasteiger partial charge in [0.15, 0.2) is 5.82 Å². The molecule has 22 heavy (non-hydrogen) atoms. The molecule has 116 valence electrons. The van der Waals surface area contributed by atoms with Crippen molar-refractivity contribution in [2.75, 3.05) is 19.8 Å². The summed E-state index contributed by atoms with van der Waals surface area (Å²) in [7, 11) is 0. The Morgan fingerprint density at radius 2 is 2.27 bits per heavy atom. The minimum Gasteiger partial charge on any atom is -0.376 e. The van der Waals surface area contributed by atoms with Crippen LogP contribution in [0, 0.1) is 0 Å². The van der Waals surface area contributed by atoms with Crippen LogP contribution in [0.4, 0.5) is 0 Å². The van der Waals surface area contributed by atoms with Crippen LogP contribution >= 0.6 is 0 Å². The van der Waals surface area contributed by atoms with Crippen LogP contribution in [0.5, 0.6) is 0 Å². The molecule has 1 aliphatic rings. The number of amides is 1. The Balaban J connectivity index is 1.82. The van der Waals surface area contributed by atoms with Crippen molar-refractivity contribution in [3.63, 3.8) is 0 Å². The van der Waals surface area contributed by atoms with Gasteiger partial charge in [0.2, 0.25) is 0 Å². The number of benzene rings is 1. The maximum Gasteiger partial charge on any atom is 0.287 e. The van der Waals surface area contributed by atoms with Crippen LogP contribution in [0.25, 0.3) is 10.9 Å². The van der Waals surface area contributed by atoms with Gasteiger partial charge in [0.1, 0.15) is 6.10 Å². The SMILES string of the molecule is CCO[C@H]1COC[C@@H]1NC(=O)c1nc2ccccc2c(=O)[nH]1. The molecule has 1 amide bonds. The largest absolute Gasteiger partial charge is 0.376 e. The molecule has 7 nitrogen and oxygen atoms in total. The van der Waals surface area contributed by atoms with Gasteiger partial charge in [-0.1, -0.05) is 12.1 Å². The first-order valence-electron chi connectivity index (χ1n) is 7.18. The van der Waals surface area contributed by atoms with E-state index < -0.39 is 5.91 Å². The molecule has 2 atom stereocenters. The van der Waals surface area contributed by atoms with Crippen LogP contribution in [0.3, 0.4) is 0 Å². The molecule has 0 bridgehead atoms. The number of hydrogen-bond acceptors (Lipinski definition) is 5. The van der Waals surface area contributed by atoms with E-state index in [1.165, 1.54) is 0 Å². The second-order valence-electron chi connectivity index (χ2n) is 5.04. The molecule has 0 saturated carbocycles. The lowest BCUT2D eigenvalue weighted by molar-refractivity contribution is 0.0401. The van der Waals surface area contributed by atoms with Gasteiger partial charge >= 0.3 is 0 Å². The van der Waals surface area contributed by atoms with Gasteiger partial charge in [0, 0.05) is 6.61 Å². The van der Waals surface area contributed by atoms with Gasteiger partial charge in [-0.2, -0.15) is 0 Å². The van der Waals surface area contributed by atoms with Gasteiger partial charge in [-0.25, -0.2) is 4.98 Å². The van der Waals surface area contributed by atoms with Crippen LogP contribution in [0.15, 0.2) is 29.1 Å². The molecule has 0 radical (unpaired) electrons. The van der Waals surface area contributed by atoms with E-state index in [4.69, 9.17) is 9.47 Å². The Kier molecular flexibility index (Phi) is 4.17. The molecule has 1 aromatic heterocycles. The van der Waals surface area contributed by atoms with E-state index in [0.717, 1.165) is 0 Å². The highest BCUT2D eigenvalue weighted by Crippen LogP contribution is 2.11. The number of nitrogens with one attached hydrogen (secondary N) is 2. The second-order valence-corrected chi connectivity index (χ2v) is 5.04. The summed E-state index contributed by atoms with van der Waals surface area (Å²) in [6, 6.07) is 6.64. The van der Waals surface area contributed by atoms with Gasteiger partial charge < -0.3 is 19.8 Å². The average molecular weight is 303 g/mol. The Hall–Kier alpha value is -2.25. The maximum atomic E-state index is 12.3. The summed E-state index contributed by atoms with van der Waals surface area (Å²) >= 11 is 0. The first-order valence-corrected chi connectivity index (χ1v) is 7.18. The number of ether oxygens (including phenoxy) is 2. The number of fused-ring (bicyclic) bond motifs is 1. The van der Waals surface area contributed by atoms with Crippen molar-refractivity contribution < 1.29 is 14.3 Å². The second kappa shape index (κ2) is 6.25. The normalized spacial score (nSPS) is 21.1. The van der Waals surface area contributed by atoms with Crippen molar-refractivity contribution in [3.8, 4) is 0 Å². The maximum absolute atomic E-state index is 12.3. The third-order valence-corrected chi connectivity index (χ3v) is 3.55. The van der Waals surface area contributed by atoms with Gasteiger partial charge in [-0.15, -0.1) is 0 Å². The van der Waals surface area contributed by atoms with Gasteiger partial charge in [-0.3, -0.25) is 9.59 Å². The highest BCUT2D eigenvalue weighted by Gasteiger charge is 2.30. The van der Waals surface area contributed by atoms with Gasteiger partial charge in [-0.05, 0) is 19.1 Å². The number of para-hydroxylation sites is 1. The van der Waals surface area contributed by atoms with Crippen LogP contribution < -0.4 is 10.9 Å². The number of carbonyl (C=O) groups is 1. The molecule has 2 N–H and O–H groups in total. The first-order chi connectivity index (χ1) is 10.7. The zero-order valence-electron chi connectivity index (χ0n) is 12.2. The molecule has 0 spiro atoms. The van der Waals surface area contributed by atoms with E-state index in [9.17, 15) is 9.59 Å².